The summed E-state index contributed by atoms with van der Waals surface area (Å²) in [4.78, 5) is 12.9. The molecule has 0 saturated carbocycles. The highest BCUT2D eigenvalue weighted by Gasteiger charge is 2.20. The van der Waals surface area contributed by atoms with E-state index < -0.39 is 5.97 Å². The molecule has 0 atom stereocenters. The first-order valence-electron chi connectivity index (χ1n) is 6.08. The van der Waals surface area contributed by atoms with Gasteiger partial charge in [-0.25, -0.2) is 4.79 Å². The number of aromatic carboxylic acids is 1. The molecular weight excluding hydrogens is 258 g/mol. The third kappa shape index (κ3) is 1.97. The van der Waals surface area contributed by atoms with E-state index in [1.807, 2.05) is 9.47 Å². The number of carboxylic acids is 1. The molecule has 1 aliphatic rings. The highest BCUT2D eigenvalue weighted by molar-refractivity contribution is 5.89. The molecule has 0 radical (unpaired) electrons. The minimum atomic E-state index is -1.04. The lowest BCUT2D eigenvalue weighted by atomic mass is 10.1. The van der Waals surface area contributed by atoms with Gasteiger partial charge in [0.2, 0.25) is 0 Å². The van der Waals surface area contributed by atoms with E-state index in [0.717, 1.165) is 24.6 Å². The molecule has 20 heavy (non-hydrogen) atoms. The summed E-state index contributed by atoms with van der Waals surface area (Å²) in [6, 6.07) is 6.64. The van der Waals surface area contributed by atoms with Crippen molar-refractivity contribution < 1.29 is 9.90 Å². The molecule has 0 aliphatic carbocycles. The average molecular weight is 269 g/mol. The average Bonchev–Trinajstić information content (AvgIpc) is 2.93. The fourth-order valence-corrected chi connectivity index (χ4v) is 2.31. The standard InChI is InChI=1S/C13H11N5O2/c14-6-10-5-9(13(19)20)1-2-11(10)17-3-4-18-8-15-16-12(18)7-17/h1-2,5,8H,3-4,7H2,(H,19,20). The van der Waals surface area contributed by atoms with E-state index >= 15 is 0 Å². The smallest absolute Gasteiger partial charge is 0.335 e. The summed E-state index contributed by atoms with van der Waals surface area (Å²) in [7, 11) is 0. The number of aromatic nitrogens is 3. The zero-order chi connectivity index (χ0) is 14.1. The van der Waals surface area contributed by atoms with Crippen molar-refractivity contribution in [2.45, 2.75) is 13.1 Å². The van der Waals surface area contributed by atoms with Gasteiger partial charge in [0.1, 0.15) is 12.4 Å². The van der Waals surface area contributed by atoms with Crippen molar-refractivity contribution in [3.63, 3.8) is 0 Å². The second-order valence-electron chi connectivity index (χ2n) is 4.51. The van der Waals surface area contributed by atoms with Crippen molar-refractivity contribution >= 4 is 11.7 Å². The maximum absolute atomic E-state index is 10.9. The zero-order valence-corrected chi connectivity index (χ0v) is 10.5. The van der Waals surface area contributed by atoms with Gasteiger partial charge < -0.3 is 14.6 Å². The third-order valence-electron chi connectivity index (χ3n) is 3.34. The van der Waals surface area contributed by atoms with Crippen LogP contribution in [0.5, 0.6) is 0 Å². The third-order valence-corrected chi connectivity index (χ3v) is 3.34. The van der Waals surface area contributed by atoms with Crippen molar-refractivity contribution in [1.29, 1.82) is 5.26 Å². The maximum atomic E-state index is 10.9. The molecule has 7 nitrogen and oxygen atoms in total. The SMILES string of the molecule is N#Cc1cc(C(=O)O)ccc1N1CCn2cnnc2C1. The maximum Gasteiger partial charge on any atom is 0.335 e. The van der Waals surface area contributed by atoms with Crippen LogP contribution in [0.2, 0.25) is 0 Å². The Morgan fingerprint density at radius 1 is 1.40 bits per heavy atom. The minimum absolute atomic E-state index is 0.116. The molecule has 3 rings (SSSR count). The van der Waals surface area contributed by atoms with Crippen molar-refractivity contribution in [3.05, 3.63) is 41.5 Å². The molecule has 0 spiro atoms. The summed E-state index contributed by atoms with van der Waals surface area (Å²) in [6.45, 7) is 2.03. The number of carboxylic acid groups (broad SMARTS) is 1. The van der Waals surface area contributed by atoms with Gasteiger partial charge in [-0.05, 0) is 18.2 Å². The van der Waals surface area contributed by atoms with E-state index in [4.69, 9.17) is 5.11 Å². The minimum Gasteiger partial charge on any atom is -0.478 e. The van der Waals surface area contributed by atoms with Crippen LogP contribution in [-0.2, 0) is 13.1 Å². The zero-order valence-electron chi connectivity index (χ0n) is 10.5. The molecule has 100 valence electrons. The van der Waals surface area contributed by atoms with Crippen LogP contribution in [0.4, 0.5) is 5.69 Å². The lowest BCUT2D eigenvalue weighted by Gasteiger charge is -2.29. The summed E-state index contributed by atoms with van der Waals surface area (Å²) in [5, 5.41) is 26.1. The summed E-state index contributed by atoms with van der Waals surface area (Å²) < 4.78 is 1.97. The Kier molecular flexibility index (Phi) is 2.84. The number of hydrogen-bond acceptors (Lipinski definition) is 5. The molecule has 0 fully saturated rings. The van der Waals surface area contributed by atoms with Gasteiger partial charge in [0.25, 0.3) is 0 Å². The van der Waals surface area contributed by atoms with E-state index in [1.165, 1.54) is 12.1 Å². The molecule has 0 saturated heterocycles. The highest BCUT2D eigenvalue weighted by atomic mass is 16.4. The van der Waals surface area contributed by atoms with E-state index in [-0.39, 0.29) is 5.56 Å². The van der Waals surface area contributed by atoms with Crippen LogP contribution in [0.1, 0.15) is 21.7 Å². The Morgan fingerprint density at radius 2 is 2.25 bits per heavy atom. The van der Waals surface area contributed by atoms with Crippen molar-refractivity contribution in [3.8, 4) is 6.07 Å². The van der Waals surface area contributed by atoms with Crippen LogP contribution in [0, 0.1) is 11.3 Å². The van der Waals surface area contributed by atoms with E-state index in [0.29, 0.717) is 12.1 Å². The normalized spacial score (nSPS) is 13.7. The van der Waals surface area contributed by atoms with Crippen LogP contribution in [0.3, 0.4) is 0 Å². The Balaban J connectivity index is 1.95. The number of rotatable bonds is 2. The predicted octanol–water partition coefficient (Wildman–Crippen LogP) is 0.868. The summed E-state index contributed by atoms with van der Waals surface area (Å²) in [6.07, 6.45) is 1.69. The molecule has 1 aliphatic heterocycles. The molecule has 2 aromatic rings. The molecule has 7 heteroatoms. The summed E-state index contributed by atoms with van der Waals surface area (Å²) in [5.41, 5.74) is 1.20. The quantitative estimate of drug-likeness (QED) is 0.869. The van der Waals surface area contributed by atoms with Crippen LogP contribution in [0.25, 0.3) is 0 Å². The molecule has 0 amide bonds. The number of nitrogens with zero attached hydrogens (tertiary/aromatic N) is 5. The first kappa shape index (κ1) is 12.2. The van der Waals surface area contributed by atoms with Gasteiger partial charge in [0.05, 0.1) is 23.4 Å². The molecule has 1 aromatic carbocycles. The second-order valence-corrected chi connectivity index (χ2v) is 4.51. The topological polar surface area (TPSA) is 95.0 Å². The molecular formula is C13H11N5O2. The highest BCUT2D eigenvalue weighted by Crippen LogP contribution is 2.25. The van der Waals surface area contributed by atoms with E-state index in [2.05, 4.69) is 16.3 Å². The van der Waals surface area contributed by atoms with Crippen LogP contribution in [0.15, 0.2) is 24.5 Å². The number of nitriles is 1. The van der Waals surface area contributed by atoms with E-state index in [9.17, 15) is 10.1 Å². The molecule has 2 heterocycles. The first-order chi connectivity index (χ1) is 9.69. The Labute approximate surface area is 114 Å². The van der Waals surface area contributed by atoms with Crippen molar-refractivity contribution in [1.82, 2.24) is 14.8 Å². The first-order valence-corrected chi connectivity index (χ1v) is 6.08. The Bertz CT molecular complexity index is 716. The summed E-state index contributed by atoms with van der Waals surface area (Å²) >= 11 is 0. The monoisotopic (exact) mass is 269 g/mol. The molecule has 1 N–H and O–H groups in total. The van der Waals surface area contributed by atoms with Gasteiger partial charge in [0, 0.05) is 13.1 Å². The largest absolute Gasteiger partial charge is 0.478 e. The summed E-state index contributed by atoms with van der Waals surface area (Å²) in [5.74, 6) is -0.200. The van der Waals surface area contributed by atoms with Crippen LogP contribution in [-0.4, -0.2) is 32.4 Å². The molecule has 0 bridgehead atoms. The van der Waals surface area contributed by atoms with Gasteiger partial charge in [0.15, 0.2) is 5.82 Å². The predicted molar refractivity (Wildman–Crippen MR) is 69.2 cm³/mol. The number of hydrogen-bond donors (Lipinski definition) is 1. The molecule has 0 unspecified atom stereocenters. The second kappa shape index (κ2) is 4.66. The van der Waals surface area contributed by atoms with Gasteiger partial charge in [-0.1, -0.05) is 0 Å². The van der Waals surface area contributed by atoms with Gasteiger partial charge in [-0.3, -0.25) is 0 Å². The lowest BCUT2D eigenvalue weighted by molar-refractivity contribution is 0.0697. The number of carbonyl (C=O) groups is 1. The van der Waals surface area contributed by atoms with E-state index in [1.54, 1.807) is 12.4 Å². The van der Waals surface area contributed by atoms with Crippen molar-refractivity contribution in [2.75, 3.05) is 11.4 Å². The fraction of sp³-hybridized carbons (Fsp3) is 0.231. The van der Waals surface area contributed by atoms with Crippen LogP contribution < -0.4 is 4.90 Å². The van der Waals surface area contributed by atoms with Gasteiger partial charge >= 0.3 is 5.97 Å². The van der Waals surface area contributed by atoms with Gasteiger partial charge in [-0.2, -0.15) is 5.26 Å². The van der Waals surface area contributed by atoms with Gasteiger partial charge in [-0.15, -0.1) is 10.2 Å². The fourth-order valence-electron chi connectivity index (χ4n) is 2.31. The lowest BCUT2D eigenvalue weighted by Crippen LogP contribution is -2.34. The van der Waals surface area contributed by atoms with Crippen LogP contribution >= 0.6 is 0 Å². The van der Waals surface area contributed by atoms with Crippen molar-refractivity contribution in [2.24, 2.45) is 0 Å². The Hall–Kier alpha value is -2.88. The Morgan fingerprint density at radius 3 is 3.00 bits per heavy atom. The number of fused-ring (bicyclic) bond motifs is 1. The number of benzene rings is 1. The molecule has 1 aromatic heterocycles. The number of anilines is 1.